The van der Waals surface area contributed by atoms with E-state index in [2.05, 4.69) is 9.71 Å². The number of nitrogens with one attached hydrogen (secondary N) is 1. The van der Waals surface area contributed by atoms with Gasteiger partial charge in [-0.1, -0.05) is 0 Å². The molecule has 0 amide bonds. The molecule has 0 bridgehead atoms. The van der Waals surface area contributed by atoms with Crippen molar-refractivity contribution >= 4 is 10.0 Å². The molecular formula is C9H18N4O2S. The highest BCUT2D eigenvalue weighted by Crippen LogP contribution is 2.06. The highest BCUT2D eigenvalue weighted by molar-refractivity contribution is 7.89. The van der Waals surface area contributed by atoms with Crippen LogP contribution in [0.2, 0.25) is 0 Å². The first-order chi connectivity index (χ1) is 7.24. The van der Waals surface area contributed by atoms with E-state index in [9.17, 15) is 8.42 Å². The molecule has 7 heteroatoms. The summed E-state index contributed by atoms with van der Waals surface area (Å²) in [7, 11) is -3.54. The van der Waals surface area contributed by atoms with Crippen LogP contribution in [-0.2, 0) is 16.6 Å². The SMILES string of the molecule is CCn1cnc(S(=O)(=O)NCC(C)(C)N)c1. The van der Waals surface area contributed by atoms with Gasteiger partial charge in [0.05, 0.1) is 6.33 Å². The Morgan fingerprint density at radius 2 is 2.19 bits per heavy atom. The fourth-order valence-electron chi connectivity index (χ4n) is 1.01. The molecule has 0 saturated heterocycles. The van der Waals surface area contributed by atoms with Gasteiger partial charge in [-0.15, -0.1) is 0 Å². The minimum absolute atomic E-state index is 0.0265. The summed E-state index contributed by atoms with van der Waals surface area (Å²) in [6, 6.07) is 0. The van der Waals surface area contributed by atoms with Gasteiger partial charge in [-0.05, 0) is 20.8 Å². The summed E-state index contributed by atoms with van der Waals surface area (Å²) in [6.45, 7) is 6.27. The monoisotopic (exact) mass is 246 g/mol. The van der Waals surface area contributed by atoms with E-state index >= 15 is 0 Å². The zero-order valence-corrected chi connectivity index (χ0v) is 10.6. The Balaban J connectivity index is 2.78. The van der Waals surface area contributed by atoms with Gasteiger partial charge in [-0.25, -0.2) is 18.1 Å². The first kappa shape index (κ1) is 13.1. The lowest BCUT2D eigenvalue weighted by atomic mass is 10.1. The van der Waals surface area contributed by atoms with E-state index in [0.717, 1.165) is 0 Å². The minimum atomic E-state index is -3.54. The minimum Gasteiger partial charge on any atom is -0.336 e. The molecule has 1 rings (SSSR count). The molecule has 0 aliphatic rings. The van der Waals surface area contributed by atoms with E-state index in [0.29, 0.717) is 6.54 Å². The zero-order valence-electron chi connectivity index (χ0n) is 9.77. The van der Waals surface area contributed by atoms with Crippen LogP contribution in [0.25, 0.3) is 0 Å². The molecule has 1 heterocycles. The molecule has 0 aliphatic carbocycles. The Hall–Kier alpha value is -0.920. The Bertz CT molecular complexity index is 444. The number of nitrogens with zero attached hydrogens (tertiary/aromatic N) is 2. The maximum Gasteiger partial charge on any atom is 0.259 e. The number of hydrogen-bond donors (Lipinski definition) is 2. The molecule has 0 unspecified atom stereocenters. The van der Waals surface area contributed by atoms with E-state index in [-0.39, 0.29) is 11.6 Å². The number of rotatable bonds is 5. The Morgan fingerprint density at radius 3 is 2.62 bits per heavy atom. The van der Waals surface area contributed by atoms with E-state index in [4.69, 9.17) is 5.73 Å². The van der Waals surface area contributed by atoms with Gasteiger partial charge < -0.3 is 10.3 Å². The van der Waals surface area contributed by atoms with Crippen LogP contribution in [0.5, 0.6) is 0 Å². The van der Waals surface area contributed by atoms with E-state index < -0.39 is 15.6 Å². The van der Waals surface area contributed by atoms with Crippen LogP contribution in [0, 0.1) is 0 Å². The lowest BCUT2D eigenvalue weighted by Crippen LogP contribution is -2.45. The second-order valence-corrected chi connectivity index (χ2v) is 6.07. The topological polar surface area (TPSA) is 90.0 Å². The number of sulfonamides is 1. The second-order valence-electron chi connectivity index (χ2n) is 4.36. The van der Waals surface area contributed by atoms with Crippen molar-refractivity contribution in [1.29, 1.82) is 0 Å². The number of aromatic nitrogens is 2. The molecule has 0 fully saturated rings. The van der Waals surface area contributed by atoms with Gasteiger partial charge in [-0.2, -0.15) is 0 Å². The molecule has 3 N–H and O–H groups in total. The third kappa shape index (κ3) is 3.58. The molecule has 0 radical (unpaired) electrons. The summed E-state index contributed by atoms with van der Waals surface area (Å²) in [6.07, 6.45) is 2.98. The summed E-state index contributed by atoms with van der Waals surface area (Å²) >= 11 is 0. The molecule has 1 aromatic heterocycles. The van der Waals surface area contributed by atoms with Crippen LogP contribution in [0.15, 0.2) is 17.6 Å². The van der Waals surface area contributed by atoms with Crippen molar-refractivity contribution in [2.45, 2.75) is 37.9 Å². The second kappa shape index (κ2) is 4.52. The lowest BCUT2D eigenvalue weighted by molar-refractivity contribution is 0.497. The summed E-state index contributed by atoms with van der Waals surface area (Å²) in [5.74, 6) is 0. The van der Waals surface area contributed by atoms with Crippen LogP contribution in [0.1, 0.15) is 20.8 Å². The molecule has 0 atom stereocenters. The fourth-order valence-corrected chi connectivity index (χ4v) is 2.18. The normalized spacial score (nSPS) is 13.0. The highest BCUT2D eigenvalue weighted by atomic mass is 32.2. The Kier molecular flexibility index (Phi) is 3.72. The van der Waals surface area contributed by atoms with Gasteiger partial charge in [0.25, 0.3) is 10.0 Å². The van der Waals surface area contributed by atoms with Gasteiger partial charge in [0.1, 0.15) is 0 Å². The van der Waals surface area contributed by atoms with Crippen LogP contribution >= 0.6 is 0 Å². The van der Waals surface area contributed by atoms with Gasteiger partial charge >= 0.3 is 0 Å². The molecular weight excluding hydrogens is 228 g/mol. The first-order valence-corrected chi connectivity index (χ1v) is 6.53. The zero-order chi connectivity index (χ0) is 12.4. The average molecular weight is 246 g/mol. The maximum absolute atomic E-state index is 11.8. The predicted molar refractivity (Wildman–Crippen MR) is 61.4 cm³/mol. The molecule has 6 nitrogen and oxygen atoms in total. The van der Waals surface area contributed by atoms with Gasteiger partial charge in [0.15, 0.2) is 5.03 Å². The highest BCUT2D eigenvalue weighted by Gasteiger charge is 2.20. The molecule has 0 aromatic carbocycles. The van der Waals surface area contributed by atoms with E-state index in [1.807, 2.05) is 6.92 Å². The fraction of sp³-hybridized carbons (Fsp3) is 0.667. The molecule has 92 valence electrons. The van der Waals surface area contributed by atoms with Crippen molar-refractivity contribution in [3.05, 3.63) is 12.5 Å². The summed E-state index contributed by atoms with van der Waals surface area (Å²) in [4.78, 5) is 3.83. The number of nitrogens with two attached hydrogens (primary N) is 1. The van der Waals surface area contributed by atoms with Gasteiger partial charge in [0, 0.05) is 24.8 Å². The maximum atomic E-state index is 11.8. The van der Waals surface area contributed by atoms with E-state index in [1.165, 1.54) is 12.5 Å². The summed E-state index contributed by atoms with van der Waals surface area (Å²) in [5, 5.41) is 0.0265. The molecule has 1 aromatic rings. The third-order valence-corrected chi connectivity index (χ3v) is 3.25. The molecule has 0 aliphatic heterocycles. The molecule has 16 heavy (non-hydrogen) atoms. The van der Waals surface area contributed by atoms with Crippen LogP contribution in [-0.4, -0.2) is 30.1 Å². The summed E-state index contributed by atoms with van der Waals surface area (Å²) < 4.78 is 27.7. The van der Waals surface area contributed by atoms with Crippen LogP contribution < -0.4 is 10.5 Å². The van der Waals surface area contributed by atoms with Crippen molar-refractivity contribution in [3.8, 4) is 0 Å². The standard InChI is InChI=1S/C9H18N4O2S/c1-4-13-5-8(11-7-13)16(14,15)12-6-9(2,3)10/h5,7,12H,4,6,10H2,1-3H3. The van der Waals surface area contributed by atoms with Crippen LogP contribution in [0.4, 0.5) is 0 Å². The van der Waals surface area contributed by atoms with E-state index in [1.54, 1.807) is 18.4 Å². The first-order valence-electron chi connectivity index (χ1n) is 5.05. The average Bonchev–Trinajstić information content (AvgIpc) is 2.62. The number of aryl methyl sites for hydroxylation is 1. The van der Waals surface area contributed by atoms with Gasteiger partial charge in [-0.3, -0.25) is 0 Å². The van der Waals surface area contributed by atoms with Crippen molar-refractivity contribution in [1.82, 2.24) is 14.3 Å². The smallest absolute Gasteiger partial charge is 0.259 e. The molecule has 0 saturated carbocycles. The van der Waals surface area contributed by atoms with Crippen molar-refractivity contribution in [2.75, 3.05) is 6.54 Å². The van der Waals surface area contributed by atoms with Gasteiger partial charge in [0.2, 0.25) is 0 Å². The third-order valence-electron chi connectivity index (χ3n) is 1.97. The largest absolute Gasteiger partial charge is 0.336 e. The Morgan fingerprint density at radius 1 is 1.56 bits per heavy atom. The van der Waals surface area contributed by atoms with Crippen LogP contribution in [0.3, 0.4) is 0 Å². The van der Waals surface area contributed by atoms with Crippen molar-refractivity contribution in [3.63, 3.8) is 0 Å². The predicted octanol–water partition coefficient (Wildman–Crippen LogP) is -0.0814. The molecule has 0 spiro atoms. The van der Waals surface area contributed by atoms with Crippen molar-refractivity contribution < 1.29 is 8.42 Å². The Labute approximate surface area is 95.9 Å². The number of imidazole rings is 1. The van der Waals surface area contributed by atoms with Crippen molar-refractivity contribution in [2.24, 2.45) is 5.73 Å². The number of hydrogen-bond acceptors (Lipinski definition) is 4. The quantitative estimate of drug-likeness (QED) is 0.760. The summed E-state index contributed by atoms with van der Waals surface area (Å²) in [5.41, 5.74) is 5.12. The lowest BCUT2D eigenvalue weighted by Gasteiger charge is -2.18.